The van der Waals surface area contributed by atoms with Crippen LogP contribution in [0.15, 0.2) is 23.4 Å². The third-order valence-corrected chi connectivity index (χ3v) is 3.62. The number of amides is 3. The Hall–Kier alpha value is -1.27. The van der Waals surface area contributed by atoms with Crippen LogP contribution in [0.1, 0.15) is 0 Å². The Morgan fingerprint density at radius 3 is 3.00 bits per heavy atom. The van der Waals surface area contributed by atoms with Crippen LogP contribution in [0, 0.1) is 0 Å². The number of hydrogen-bond acceptors (Lipinski definition) is 4. The van der Waals surface area contributed by atoms with Crippen molar-refractivity contribution in [3.8, 4) is 0 Å². The molecule has 1 aromatic rings. The summed E-state index contributed by atoms with van der Waals surface area (Å²) in [5.41, 5.74) is 0. The molecule has 0 bridgehead atoms. The number of aromatic nitrogens is 1. The number of urea groups is 1. The maximum atomic E-state index is 11.3. The van der Waals surface area contributed by atoms with Gasteiger partial charge in [-0.05, 0) is 12.1 Å². The summed E-state index contributed by atoms with van der Waals surface area (Å²) < 4.78 is 0. The van der Waals surface area contributed by atoms with E-state index >= 15 is 0 Å². The van der Waals surface area contributed by atoms with Gasteiger partial charge in [-0.25, -0.2) is 9.78 Å². The molecule has 7 heteroatoms. The Balaban J connectivity index is 1.86. The lowest BCUT2D eigenvalue weighted by Crippen LogP contribution is -2.32. The predicted octanol–water partition coefficient (Wildman–Crippen LogP) is 1.38. The number of halogens is 1. The van der Waals surface area contributed by atoms with Crippen molar-refractivity contribution in [1.82, 2.24) is 15.2 Å². The number of rotatable bonds is 4. The third-order valence-electron chi connectivity index (χ3n) is 2.22. The van der Waals surface area contributed by atoms with Gasteiger partial charge >= 0.3 is 6.03 Å². The van der Waals surface area contributed by atoms with Gasteiger partial charge in [0.2, 0.25) is 5.91 Å². The van der Waals surface area contributed by atoms with Crippen molar-refractivity contribution in [1.29, 1.82) is 0 Å². The minimum atomic E-state index is -0.331. The lowest BCUT2D eigenvalue weighted by Gasteiger charge is -2.11. The van der Waals surface area contributed by atoms with Crippen LogP contribution in [-0.2, 0) is 4.79 Å². The van der Waals surface area contributed by atoms with Gasteiger partial charge in [0.25, 0.3) is 0 Å². The molecule has 1 aliphatic rings. The molecule has 0 saturated carbocycles. The minimum absolute atomic E-state index is 0.0911. The van der Waals surface area contributed by atoms with E-state index in [-0.39, 0.29) is 18.5 Å². The van der Waals surface area contributed by atoms with Crippen molar-refractivity contribution in [2.75, 3.05) is 18.8 Å². The number of pyridine rings is 1. The molecule has 0 spiro atoms. The number of thioether (sulfide) groups is 1. The molecule has 2 heterocycles. The normalized spacial score (nSPS) is 15.2. The van der Waals surface area contributed by atoms with E-state index in [0.717, 1.165) is 0 Å². The summed E-state index contributed by atoms with van der Waals surface area (Å²) in [6, 6.07) is 3.18. The third kappa shape index (κ3) is 2.89. The quantitative estimate of drug-likeness (QED) is 0.664. The van der Waals surface area contributed by atoms with E-state index in [1.807, 2.05) is 0 Å². The van der Waals surface area contributed by atoms with E-state index in [4.69, 9.17) is 11.6 Å². The highest BCUT2D eigenvalue weighted by Gasteiger charge is 2.27. The van der Waals surface area contributed by atoms with E-state index < -0.39 is 0 Å². The molecule has 0 aliphatic carbocycles. The number of imide groups is 1. The molecule has 0 atom stereocenters. The van der Waals surface area contributed by atoms with E-state index in [1.54, 1.807) is 18.3 Å². The Labute approximate surface area is 108 Å². The van der Waals surface area contributed by atoms with E-state index in [0.29, 0.717) is 22.3 Å². The first-order valence-corrected chi connectivity index (χ1v) is 6.36. The fraction of sp³-hybridized carbons (Fsp3) is 0.300. The molecule has 17 heavy (non-hydrogen) atoms. The summed E-state index contributed by atoms with van der Waals surface area (Å²) in [6.07, 6.45) is 1.65. The van der Waals surface area contributed by atoms with Crippen molar-refractivity contribution in [3.63, 3.8) is 0 Å². The first-order valence-electron chi connectivity index (χ1n) is 5.00. The van der Waals surface area contributed by atoms with E-state index in [2.05, 4.69) is 10.3 Å². The standard InChI is InChI=1S/C10H10ClN3O2S/c11-7-2-1-3-12-9(7)17-5-4-14-8(15)6-13-10(14)16/h1-3H,4-6H2,(H,13,16). The Morgan fingerprint density at radius 1 is 1.53 bits per heavy atom. The van der Waals surface area contributed by atoms with Gasteiger partial charge in [0, 0.05) is 18.5 Å². The van der Waals surface area contributed by atoms with Gasteiger partial charge in [0.15, 0.2) is 0 Å². The van der Waals surface area contributed by atoms with Crippen LogP contribution in [0.5, 0.6) is 0 Å². The zero-order valence-corrected chi connectivity index (χ0v) is 10.4. The summed E-state index contributed by atoms with van der Waals surface area (Å²) in [7, 11) is 0. The molecule has 0 unspecified atom stereocenters. The zero-order valence-electron chi connectivity index (χ0n) is 8.85. The molecule has 1 fully saturated rings. The lowest BCUT2D eigenvalue weighted by atomic mass is 10.5. The van der Waals surface area contributed by atoms with Crippen LogP contribution in [0.3, 0.4) is 0 Å². The topological polar surface area (TPSA) is 62.3 Å². The summed E-state index contributed by atoms with van der Waals surface area (Å²) in [5.74, 6) is 0.387. The summed E-state index contributed by atoms with van der Waals surface area (Å²) in [5, 5.41) is 3.75. The molecule has 3 amide bonds. The molecule has 1 saturated heterocycles. The first kappa shape index (κ1) is 12.2. The molecule has 1 aliphatic heterocycles. The van der Waals surface area contributed by atoms with E-state index in [1.165, 1.54) is 16.7 Å². The van der Waals surface area contributed by atoms with Crippen LogP contribution in [-0.4, -0.2) is 40.7 Å². The van der Waals surface area contributed by atoms with Gasteiger partial charge < -0.3 is 5.32 Å². The van der Waals surface area contributed by atoms with Crippen molar-refractivity contribution in [2.24, 2.45) is 0 Å². The van der Waals surface area contributed by atoms with Crippen LogP contribution in [0.2, 0.25) is 5.02 Å². The van der Waals surface area contributed by atoms with Crippen molar-refractivity contribution >= 4 is 35.3 Å². The highest BCUT2D eigenvalue weighted by molar-refractivity contribution is 7.99. The van der Waals surface area contributed by atoms with Crippen LogP contribution < -0.4 is 5.32 Å². The zero-order chi connectivity index (χ0) is 12.3. The second-order valence-electron chi connectivity index (χ2n) is 3.34. The van der Waals surface area contributed by atoms with E-state index in [9.17, 15) is 9.59 Å². The highest BCUT2D eigenvalue weighted by atomic mass is 35.5. The van der Waals surface area contributed by atoms with Gasteiger partial charge in [-0.3, -0.25) is 9.69 Å². The maximum absolute atomic E-state index is 11.3. The molecular formula is C10H10ClN3O2S. The van der Waals surface area contributed by atoms with Gasteiger partial charge in [-0.15, -0.1) is 11.8 Å². The minimum Gasteiger partial charge on any atom is -0.329 e. The largest absolute Gasteiger partial charge is 0.329 e. The van der Waals surface area contributed by atoms with Crippen molar-refractivity contribution in [3.05, 3.63) is 23.4 Å². The van der Waals surface area contributed by atoms with Crippen LogP contribution in [0.4, 0.5) is 4.79 Å². The maximum Gasteiger partial charge on any atom is 0.324 e. The molecule has 90 valence electrons. The average Bonchev–Trinajstić information content (AvgIpc) is 2.63. The van der Waals surface area contributed by atoms with Gasteiger partial charge in [-0.1, -0.05) is 11.6 Å². The number of nitrogens with one attached hydrogen (secondary N) is 1. The SMILES string of the molecule is O=C1CNC(=O)N1CCSc1ncccc1Cl. The lowest BCUT2D eigenvalue weighted by molar-refractivity contribution is -0.124. The van der Waals surface area contributed by atoms with Gasteiger partial charge in [-0.2, -0.15) is 0 Å². The van der Waals surface area contributed by atoms with Crippen molar-refractivity contribution in [2.45, 2.75) is 5.03 Å². The molecule has 2 rings (SSSR count). The molecular weight excluding hydrogens is 262 g/mol. The number of carbonyl (C=O) groups excluding carboxylic acids is 2. The Kier molecular flexibility index (Phi) is 3.86. The van der Waals surface area contributed by atoms with Crippen LogP contribution in [0.25, 0.3) is 0 Å². The monoisotopic (exact) mass is 271 g/mol. The highest BCUT2D eigenvalue weighted by Crippen LogP contribution is 2.23. The predicted molar refractivity (Wildman–Crippen MR) is 65.1 cm³/mol. The second kappa shape index (κ2) is 5.37. The number of hydrogen-bond donors (Lipinski definition) is 1. The summed E-state index contributed by atoms with van der Waals surface area (Å²) >= 11 is 7.35. The Morgan fingerprint density at radius 2 is 2.35 bits per heavy atom. The molecule has 0 aromatic carbocycles. The fourth-order valence-electron chi connectivity index (χ4n) is 1.39. The number of nitrogens with zero attached hydrogens (tertiary/aromatic N) is 2. The van der Waals surface area contributed by atoms with Gasteiger partial charge in [0.1, 0.15) is 5.03 Å². The van der Waals surface area contributed by atoms with Gasteiger partial charge in [0.05, 0.1) is 11.6 Å². The molecule has 5 nitrogen and oxygen atoms in total. The molecule has 0 radical (unpaired) electrons. The second-order valence-corrected chi connectivity index (χ2v) is 4.83. The Bertz CT molecular complexity index is 439. The first-order chi connectivity index (χ1) is 8.18. The van der Waals surface area contributed by atoms with Crippen LogP contribution >= 0.6 is 23.4 Å². The number of carbonyl (C=O) groups is 2. The van der Waals surface area contributed by atoms with Crippen molar-refractivity contribution < 1.29 is 9.59 Å². The smallest absolute Gasteiger partial charge is 0.324 e. The fourth-order valence-corrected chi connectivity index (χ4v) is 2.49. The molecule has 1 aromatic heterocycles. The molecule has 1 N–H and O–H groups in total. The average molecular weight is 272 g/mol. The summed E-state index contributed by atoms with van der Waals surface area (Å²) in [4.78, 5) is 27.8. The summed E-state index contributed by atoms with van der Waals surface area (Å²) in [6.45, 7) is 0.454.